The molecule has 2 rings (SSSR count). The highest BCUT2D eigenvalue weighted by Gasteiger charge is 2.19. The summed E-state index contributed by atoms with van der Waals surface area (Å²) in [7, 11) is -3.45. The number of nitrogens with one attached hydrogen (secondary N) is 1. The van der Waals surface area contributed by atoms with Crippen LogP contribution in [0.15, 0.2) is 10.4 Å². The molecule has 5 nitrogen and oxygen atoms in total. The average Bonchev–Trinajstić information content (AvgIpc) is 2.89. The molecule has 0 radical (unpaired) electrons. The van der Waals surface area contributed by atoms with Crippen LogP contribution in [0.1, 0.15) is 12.8 Å². The molecule has 0 aliphatic carbocycles. The molecule has 1 atom stereocenters. The van der Waals surface area contributed by atoms with Crippen LogP contribution in [0.5, 0.6) is 0 Å². The fourth-order valence-corrected chi connectivity index (χ4v) is 4.03. The number of nitrogens with zero attached hydrogens (tertiary/aromatic N) is 1. The highest BCUT2D eigenvalue weighted by molar-refractivity contribution is 7.91. The lowest BCUT2D eigenvalue weighted by atomic mass is 10.1. The highest BCUT2D eigenvalue weighted by Crippen LogP contribution is 2.22. The fourth-order valence-electron chi connectivity index (χ4n) is 1.64. The van der Waals surface area contributed by atoms with Crippen LogP contribution in [0, 0.1) is 5.92 Å². The second kappa shape index (κ2) is 5.62. The zero-order valence-electron chi connectivity index (χ0n) is 9.06. The van der Waals surface area contributed by atoms with Crippen molar-refractivity contribution in [2.75, 3.05) is 19.8 Å². The van der Waals surface area contributed by atoms with Gasteiger partial charge < -0.3 is 4.74 Å². The summed E-state index contributed by atoms with van der Waals surface area (Å²) < 4.78 is 31.7. The maximum Gasteiger partial charge on any atom is 0.251 e. The zero-order valence-corrected chi connectivity index (χ0v) is 11.4. The van der Waals surface area contributed by atoms with Crippen LogP contribution in [0.25, 0.3) is 0 Å². The van der Waals surface area contributed by atoms with Crippen LogP contribution < -0.4 is 4.72 Å². The van der Waals surface area contributed by atoms with Gasteiger partial charge >= 0.3 is 0 Å². The third-order valence-corrected chi connectivity index (χ3v) is 5.63. The van der Waals surface area contributed by atoms with E-state index >= 15 is 0 Å². The molecule has 0 saturated carbocycles. The fraction of sp³-hybridized carbons (Fsp3) is 0.667. The molecule has 96 valence electrons. The number of thiazole rings is 1. The average molecular weight is 297 g/mol. The summed E-state index contributed by atoms with van der Waals surface area (Å²) in [6.45, 7) is 1.93. The largest absolute Gasteiger partial charge is 0.381 e. The number of ether oxygens (including phenoxy) is 1. The van der Waals surface area contributed by atoms with E-state index in [2.05, 4.69) is 9.71 Å². The van der Waals surface area contributed by atoms with Gasteiger partial charge in [0.15, 0.2) is 8.68 Å². The number of sulfonamides is 1. The Hall–Kier alpha value is -0.210. The normalized spacial score (nSPS) is 20.9. The summed E-state index contributed by atoms with van der Waals surface area (Å²) >= 11 is 6.56. The second-order valence-corrected chi connectivity index (χ2v) is 7.45. The van der Waals surface area contributed by atoms with Crippen LogP contribution in [0.2, 0.25) is 4.47 Å². The first-order valence-electron chi connectivity index (χ1n) is 5.26. The van der Waals surface area contributed by atoms with Crippen molar-refractivity contribution in [3.05, 3.63) is 10.7 Å². The molecule has 1 aromatic heterocycles. The van der Waals surface area contributed by atoms with Crippen LogP contribution in [0.4, 0.5) is 0 Å². The topological polar surface area (TPSA) is 68.3 Å². The van der Waals surface area contributed by atoms with Crippen LogP contribution in [0.3, 0.4) is 0 Å². The van der Waals surface area contributed by atoms with E-state index in [1.807, 2.05) is 0 Å². The summed E-state index contributed by atoms with van der Waals surface area (Å²) in [6.07, 6.45) is 3.08. The molecule has 8 heteroatoms. The van der Waals surface area contributed by atoms with Crippen molar-refractivity contribution in [2.45, 2.75) is 17.1 Å². The molecule has 1 N–H and O–H groups in total. The van der Waals surface area contributed by atoms with Crippen LogP contribution in [-0.4, -0.2) is 33.2 Å². The Bertz CT molecular complexity index is 468. The Morgan fingerprint density at radius 2 is 2.47 bits per heavy atom. The molecular formula is C9H13ClN2O3S2. The minimum atomic E-state index is -3.45. The molecule has 0 bridgehead atoms. The van der Waals surface area contributed by atoms with E-state index in [0.717, 1.165) is 37.4 Å². The number of aromatic nitrogens is 1. The summed E-state index contributed by atoms with van der Waals surface area (Å²) in [6, 6.07) is 0. The van der Waals surface area contributed by atoms with Crippen LogP contribution in [-0.2, 0) is 14.8 Å². The third kappa shape index (κ3) is 3.62. The zero-order chi connectivity index (χ0) is 12.3. The Labute approximate surface area is 109 Å². The van der Waals surface area contributed by atoms with Crippen molar-refractivity contribution in [1.82, 2.24) is 9.71 Å². The Kier molecular flexibility index (Phi) is 4.37. The van der Waals surface area contributed by atoms with Crippen molar-refractivity contribution in [2.24, 2.45) is 5.92 Å². The van der Waals surface area contributed by atoms with E-state index in [1.54, 1.807) is 0 Å². The third-order valence-electron chi connectivity index (χ3n) is 2.59. The monoisotopic (exact) mass is 296 g/mol. The molecule has 0 aromatic carbocycles. The minimum Gasteiger partial charge on any atom is -0.381 e. The van der Waals surface area contributed by atoms with E-state index in [1.165, 1.54) is 6.20 Å². The molecule has 0 spiro atoms. The van der Waals surface area contributed by atoms with E-state index in [0.29, 0.717) is 12.5 Å². The number of halogens is 1. The van der Waals surface area contributed by atoms with Gasteiger partial charge in [-0.2, -0.15) is 0 Å². The van der Waals surface area contributed by atoms with Crippen molar-refractivity contribution >= 4 is 33.0 Å². The van der Waals surface area contributed by atoms with Gasteiger partial charge in [0.2, 0.25) is 0 Å². The molecule has 1 fully saturated rings. The van der Waals surface area contributed by atoms with Gasteiger partial charge in [-0.15, -0.1) is 0 Å². The lowest BCUT2D eigenvalue weighted by molar-refractivity contribution is 0.184. The van der Waals surface area contributed by atoms with Crippen molar-refractivity contribution in [1.29, 1.82) is 0 Å². The van der Waals surface area contributed by atoms with Crippen molar-refractivity contribution in [3.63, 3.8) is 0 Å². The van der Waals surface area contributed by atoms with E-state index in [-0.39, 0.29) is 8.68 Å². The van der Waals surface area contributed by atoms with Crippen molar-refractivity contribution in [3.8, 4) is 0 Å². The Morgan fingerprint density at radius 1 is 1.65 bits per heavy atom. The predicted molar refractivity (Wildman–Crippen MR) is 65.9 cm³/mol. The molecule has 1 aliphatic rings. The first kappa shape index (κ1) is 13.2. The van der Waals surface area contributed by atoms with E-state index < -0.39 is 10.0 Å². The standard InChI is InChI=1S/C9H13ClN2O3S2/c10-9-11-5-8(16-9)17(13,14)12-3-1-7-2-4-15-6-7/h5,7,12H,1-4,6H2. The SMILES string of the molecule is O=S(=O)(NCCC1CCOC1)c1cnc(Cl)s1. The predicted octanol–water partition coefficient (Wildman–Crippen LogP) is 1.50. The first-order chi connectivity index (χ1) is 8.08. The highest BCUT2D eigenvalue weighted by atomic mass is 35.5. The molecule has 0 amide bonds. The molecule has 17 heavy (non-hydrogen) atoms. The van der Waals surface area contributed by atoms with Gasteiger partial charge in [-0.05, 0) is 18.8 Å². The summed E-state index contributed by atoms with van der Waals surface area (Å²) in [4.78, 5) is 3.71. The number of rotatable bonds is 5. The van der Waals surface area contributed by atoms with Gasteiger partial charge in [0.1, 0.15) is 0 Å². The summed E-state index contributed by atoms with van der Waals surface area (Å²) in [5, 5.41) is 0. The summed E-state index contributed by atoms with van der Waals surface area (Å²) in [5.74, 6) is 0.461. The van der Waals surface area contributed by atoms with Gasteiger partial charge in [0.25, 0.3) is 10.0 Å². The molecular weight excluding hydrogens is 284 g/mol. The maximum atomic E-state index is 11.8. The molecule has 1 aromatic rings. The van der Waals surface area contributed by atoms with Gasteiger partial charge in [-0.25, -0.2) is 18.1 Å². The molecule has 1 unspecified atom stereocenters. The van der Waals surface area contributed by atoms with Gasteiger partial charge in [0.05, 0.1) is 6.20 Å². The quantitative estimate of drug-likeness (QED) is 0.894. The maximum absolute atomic E-state index is 11.8. The summed E-state index contributed by atoms with van der Waals surface area (Å²) in [5.41, 5.74) is 0. The minimum absolute atomic E-state index is 0.158. The lowest BCUT2D eigenvalue weighted by Gasteiger charge is -2.07. The lowest BCUT2D eigenvalue weighted by Crippen LogP contribution is -2.25. The number of hydrogen-bond acceptors (Lipinski definition) is 5. The van der Waals surface area contributed by atoms with Gasteiger partial charge in [-0.1, -0.05) is 22.9 Å². The van der Waals surface area contributed by atoms with E-state index in [9.17, 15) is 8.42 Å². The van der Waals surface area contributed by atoms with E-state index in [4.69, 9.17) is 16.3 Å². The molecule has 1 saturated heterocycles. The van der Waals surface area contributed by atoms with Crippen molar-refractivity contribution < 1.29 is 13.2 Å². The number of hydrogen-bond donors (Lipinski definition) is 1. The molecule has 2 heterocycles. The van der Waals surface area contributed by atoms with Gasteiger partial charge in [-0.3, -0.25) is 0 Å². The smallest absolute Gasteiger partial charge is 0.251 e. The van der Waals surface area contributed by atoms with Crippen LogP contribution >= 0.6 is 22.9 Å². The Balaban J connectivity index is 1.85. The Morgan fingerprint density at radius 3 is 3.06 bits per heavy atom. The first-order valence-corrected chi connectivity index (χ1v) is 7.94. The second-order valence-electron chi connectivity index (χ2n) is 3.85. The molecule has 1 aliphatic heterocycles. The van der Waals surface area contributed by atoms with Gasteiger partial charge in [0, 0.05) is 19.8 Å².